The Morgan fingerprint density at radius 1 is 1.31 bits per heavy atom. The maximum absolute atomic E-state index is 11.5. The molecule has 82 valence electrons. The molecule has 0 atom stereocenters. The molecule has 2 heterocycles. The van der Waals surface area contributed by atoms with E-state index in [0.717, 1.165) is 11.4 Å². The second-order valence-corrected chi connectivity index (χ2v) is 3.97. The van der Waals surface area contributed by atoms with Crippen LogP contribution in [0.1, 0.15) is 11.4 Å². The molecular formula is C11H11N3OS. The summed E-state index contributed by atoms with van der Waals surface area (Å²) >= 11 is 1.49. The molecule has 0 aromatic carbocycles. The van der Waals surface area contributed by atoms with E-state index in [2.05, 4.69) is 15.3 Å². The molecule has 4 nitrogen and oxygen atoms in total. The van der Waals surface area contributed by atoms with Crippen molar-refractivity contribution in [3.63, 3.8) is 0 Å². The summed E-state index contributed by atoms with van der Waals surface area (Å²) in [6.45, 7) is 0.462. The molecule has 0 aliphatic heterocycles. The van der Waals surface area contributed by atoms with E-state index in [4.69, 9.17) is 0 Å². The third-order valence-corrected chi connectivity index (χ3v) is 2.65. The van der Waals surface area contributed by atoms with Crippen LogP contribution in [0.5, 0.6) is 0 Å². The monoisotopic (exact) mass is 233 g/mol. The number of hydrogen-bond acceptors (Lipinski definition) is 4. The van der Waals surface area contributed by atoms with Crippen LogP contribution in [-0.4, -0.2) is 15.9 Å². The SMILES string of the molecule is O=C(Cc1cscn1)NCc1ccccn1. The van der Waals surface area contributed by atoms with Crippen molar-refractivity contribution in [3.05, 3.63) is 46.7 Å². The van der Waals surface area contributed by atoms with Gasteiger partial charge in [-0.3, -0.25) is 9.78 Å². The molecule has 0 unspecified atom stereocenters. The van der Waals surface area contributed by atoms with Gasteiger partial charge in [0.05, 0.1) is 29.9 Å². The molecule has 0 aliphatic carbocycles. The molecule has 1 amide bonds. The number of nitrogens with one attached hydrogen (secondary N) is 1. The molecule has 0 fully saturated rings. The zero-order chi connectivity index (χ0) is 11.2. The molecule has 2 aromatic heterocycles. The third kappa shape index (κ3) is 3.13. The lowest BCUT2D eigenvalue weighted by Crippen LogP contribution is -2.25. The van der Waals surface area contributed by atoms with Crippen LogP contribution in [0.4, 0.5) is 0 Å². The number of hydrogen-bond donors (Lipinski definition) is 1. The highest BCUT2D eigenvalue weighted by atomic mass is 32.1. The zero-order valence-electron chi connectivity index (χ0n) is 8.59. The highest BCUT2D eigenvalue weighted by Crippen LogP contribution is 2.01. The minimum Gasteiger partial charge on any atom is -0.350 e. The van der Waals surface area contributed by atoms with Crippen molar-refractivity contribution in [3.8, 4) is 0 Å². The fourth-order valence-electron chi connectivity index (χ4n) is 1.24. The van der Waals surface area contributed by atoms with E-state index < -0.39 is 0 Å². The van der Waals surface area contributed by atoms with E-state index in [0.29, 0.717) is 13.0 Å². The summed E-state index contributed by atoms with van der Waals surface area (Å²) in [6.07, 6.45) is 2.04. The van der Waals surface area contributed by atoms with Gasteiger partial charge in [-0.05, 0) is 12.1 Å². The van der Waals surface area contributed by atoms with Gasteiger partial charge in [0.1, 0.15) is 0 Å². The summed E-state index contributed by atoms with van der Waals surface area (Å²) in [5, 5.41) is 4.68. The number of nitrogens with zero attached hydrogens (tertiary/aromatic N) is 2. The van der Waals surface area contributed by atoms with E-state index in [-0.39, 0.29) is 5.91 Å². The Labute approximate surface area is 97.4 Å². The Morgan fingerprint density at radius 2 is 2.25 bits per heavy atom. The number of amides is 1. The van der Waals surface area contributed by atoms with E-state index in [1.807, 2.05) is 23.6 Å². The van der Waals surface area contributed by atoms with Crippen molar-refractivity contribution in [1.82, 2.24) is 15.3 Å². The van der Waals surface area contributed by atoms with E-state index >= 15 is 0 Å². The van der Waals surface area contributed by atoms with Crippen LogP contribution < -0.4 is 5.32 Å². The largest absolute Gasteiger partial charge is 0.350 e. The molecule has 1 N–H and O–H groups in total. The Kier molecular flexibility index (Phi) is 3.61. The topological polar surface area (TPSA) is 54.9 Å². The van der Waals surface area contributed by atoms with E-state index in [9.17, 15) is 4.79 Å². The molecule has 0 spiro atoms. The van der Waals surface area contributed by atoms with E-state index in [1.54, 1.807) is 11.7 Å². The predicted octanol–water partition coefficient (Wildman–Crippen LogP) is 1.40. The van der Waals surface area contributed by atoms with Crippen LogP contribution in [0.25, 0.3) is 0 Å². The molecule has 0 radical (unpaired) electrons. The van der Waals surface area contributed by atoms with Crippen molar-refractivity contribution in [2.45, 2.75) is 13.0 Å². The van der Waals surface area contributed by atoms with Gasteiger partial charge in [0.15, 0.2) is 0 Å². The fourth-order valence-corrected chi connectivity index (χ4v) is 1.80. The minimum absolute atomic E-state index is 0.0310. The number of aromatic nitrogens is 2. The maximum Gasteiger partial charge on any atom is 0.226 e. The van der Waals surface area contributed by atoms with Gasteiger partial charge in [-0.15, -0.1) is 11.3 Å². The first-order valence-electron chi connectivity index (χ1n) is 4.88. The summed E-state index contributed by atoms with van der Waals surface area (Å²) in [5.41, 5.74) is 3.39. The Bertz CT molecular complexity index is 442. The highest BCUT2D eigenvalue weighted by Gasteiger charge is 2.04. The van der Waals surface area contributed by atoms with Gasteiger partial charge in [0, 0.05) is 11.6 Å². The van der Waals surface area contributed by atoms with Crippen LogP contribution >= 0.6 is 11.3 Å². The smallest absolute Gasteiger partial charge is 0.226 e. The number of carbonyl (C=O) groups is 1. The Morgan fingerprint density at radius 3 is 2.94 bits per heavy atom. The van der Waals surface area contributed by atoms with Crippen molar-refractivity contribution in [1.29, 1.82) is 0 Å². The van der Waals surface area contributed by atoms with Gasteiger partial charge in [0.25, 0.3) is 0 Å². The fraction of sp³-hybridized carbons (Fsp3) is 0.182. The van der Waals surface area contributed by atoms with Gasteiger partial charge < -0.3 is 5.32 Å². The predicted molar refractivity (Wildman–Crippen MR) is 61.9 cm³/mol. The van der Waals surface area contributed by atoms with Crippen molar-refractivity contribution in [2.75, 3.05) is 0 Å². The van der Waals surface area contributed by atoms with Gasteiger partial charge in [-0.25, -0.2) is 4.98 Å². The average Bonchev–Trinajstić information content (AvgIpc) is 2.81. The first-order chi connectivity index (χ1) is 7.84. The lowest BCUT2D eigenvalue weighted by atomic mass is 10.3. The zero-order valence-corrected chi connectivity index (χ0v) is 9.41. The van der Waals surface area contributed by atoms with Crippen LogP contribution in [0.2, 0.25) is 0 Å². The number of pyridine rings is 1. The molecule has 0 bridgehead atoms. The van der Waals surface area contributed by atoms with E-state index in [1.165, 1.54) is 11.3 Å². The van der Waals surface area contributed by atoms with Gasteiger partial charge >= 0.3 is 0 Å². The molecule has 2 aromatic rings. The van der Waals surface area contributed by atoms with Crippen LogP contribution in [0, 0.1) is 0 Å². The lowest BCUT2D eigenvalue weighted by Gasteiger charge is -2.02. The van der Waals surface area contributed by atoms with Crippen LogP contribution in [-0.2, 0) is 17.8 Å². The van der Waals surface area contributed by atoms with Crippen molar-refractivity contribution in [2.24, 2.45) is 0 Å². The molecular weight excluding hydrogens is 222 g/mol. The summed E-state index contributed by atoms with van der Waals surface area (Å²) in [5.74, 6) is -0.0310. The minimum atomic E-state index is -0.0310. The highest BCUT2D eigenvalue weighted by molar-refractivity contribution is 7.07. The van der Waals surface area contributed by atoms with Crippen LogP contribution in [0.3, 0.4) is 0 Å². The molecule has 5 heteroatoms. The van der Waals surface area contributed by atoms with Gasteiger partial charge in [-0.1, -0.05) is 6.07 Å². The van der Waals surface area contributed by atoms with Crippen LogP contribution in [0.15, 0.2) is 35.3 Å². The molecule has 2 rings (SSSR count). The van der Waals surface area contributed by atoms with Gasteiger partial charge in [0.2, 0.25) is 5.91 Å². The molecule has 16 heavy (non-hydrogen) atoms. The second-order valence-electron chi connectivity index (χ2n) is 3.25. The molecule has 0 aliphatic rings. The number of thiazole rings is 1. The van der Waals surface area contributed by atoms with Gasteiger partial charge in [-0.2, -0.15) is 0 Å². The second kappa shape index (κ2) is 5.37. The quantitative estimate of drug-likeness (QED) is 0.868. The normalized spacial score (nSPS) is 10.0. The summed E-state index contributed by atoms with van der Waals surface area (Å²) in [6, 6.07) is 5.62. The Hall–Kier alpha value is -1.75. The maximum atomic E-state index is 11.5. The van der Waals surface area contributed by atoms with Crippen molar-refractivity contribution < 1.29 is 4.79 Å². The lowest BCUT2D eigenvalue weighted by molar-refractivity contribution is -0.120. The third-order valence-electron chi connectivity index (χ3n) is 2.02. The first kappa shape index (κ1) is 10.8. The first-order valence-corrected chi connectivity index (χ1v) is 5.82. The Balaban J connectivity index is 1.80. The average molecular weight is 233 g/mol. The van der Waals surface area contributed by atoms with Crippen molar-refractivity contribution >= 4 is 17.2 Å². The summed E-state index contributed by atoms with van der Waals surface area (Å²) in [7, 11) is 0. The summed E-state index contributed by atoms with van der Waals surface area (Å²) in [4.78, 5) is 19.7. The molecule has 0 saturated carbocycles. The molecule has 0 saturated heterocycles. The summed E-state index contributed by atoms with van der Waals surface area (Å²) < 4.78 is 0. The number of rotatable bonds is 4. The standard InChI is InChI=1S/C11H11N3OS/c15-11(5-10-7-16-8-14-10)13-6-9-3-1-2-4-12-9/h1-4,7-8H,5-6H2,(H,13,15). The number of carbonyl (C=O) groups excluding carboxylic acids is 1.